The fourth-order valence-electron chi connectivity index (χ4n) is 1.54. The highest BCUT2D eigenvalue weighted by Crippen LogP contribution is 2.27. The van der Waals surface area contributed by atoms with Crippen LogP contribution >= 0.6 is 23.2 Å². The molecule has 0 aliphatic rings. The van der Waals surface area contributed by atoms with Crippen LogP contribution < -0.4 is 5.32 Å². The van der Waals surface area contributed by atoms with Crippen LogP contribution in [0.4, 0.5) is 18.9 Å². The van der Waals surface area contributed by atoms with Crippen LogP contribution in [0.25, 0.3) is 0 Å². The standard InChI is InChI=1S/C13H8Cl2F3N/c14-8-3-1-2-7(11(8)15)6-19-10-5-4-9(16)12(17)13(10)18/h1-5,19H,6H2. The van der Waals surface area contributed by atoms with Crippen LogP contribution in [0.2, 0.25) is 10.0 Å². The molecule has 1 nitrogen and oxygen atoms in total. The predicted octanol–water partition coefficient (Wildman–Crippen LogP) is 5.02. The second-order valence-corrected chi connectivity index (χ2v) is 4.57. The van der Waals surface area contributed by atoms with Gasteiger partial charge in [-0.2, -0.15) is 0 Å². The van der Waals surface area contributed by atoms with E-state index in [1.165, 1.54) is 0 Å². The first-order chi connectivity index (χ1) is 9.00. The van der Waals surface area contributed by atoms with E-state index in [2.05, 4.69) is 5.32 Å². The van der Waals surface area contributed by atoms with Crippen molar-refractivity contribution < 1.29 is 13.2 Å². The quantitative estimate of drug-likeness (QED) is 0.785. The number of hydrogen-bond donors (Lipinski definition) is 1. The predicted molar refractivity (Wildman–Crippen MR) is 70.1 cm³/mol. The summed E-state index contributed by atoms with van der Waals surface area (Å²) in [5.74, 6) is -4.01. The molecule has 0 unspecified atom stereocenters. The molecule has 0 radical (unpaired) electrons. The second-order valence-electron chi connectivity index (χ2n) is 3.79. The Morgan fingerprint density at radius 2 is 1.68 bits per heavy atom. The monoisotopic (exact) mass is 305 g/mol. The molecule has 2 rings (SSSR count). The van der Waals surface area contributed by atoms with Gasteiger partial charge >= 0.3 is 0 Å². The molecule has 2 aromatic carbocycles. The van der Waals surface area contributed by atoms with Gasteiger partial charge in [0.25, 0.3) is 0 Å². The van der Waals surface area contributed by atoms with Crippen molar-refractivity contribution in [2.75, 3.05) is 5.32 Å². The average Bonchev–Trinajstić information content (AvgIpc) is 2.40. The lowest BCUT2D eigenvalue weighted by atomic mass is 10.2. The summed E-state index contributed by atoms with van der Waals surface area (Å²) >= 11 is 11.8. The van der Waals surface area contributed by atoms with E-state index in [1.807, 2.05) is 0 Å². The lowest BCUT2D eigenvalue weighted by molar-refractivity contribution is 0.449. The molecule has 0 fully saturated rings. The number of benzene rings is 2. The fourth-order valence-corrected chi connectivity index (χ4v) is 1.92. The Labute approximate surface area is 118 Å². The van der Waals surface area contributed by atoms with Gasteiger partial charge in [0.15, 0.2) is 17.5 Å². The lowest BCUT2D eigenvalue weighted by Crippen LogP contribution is -2.04. The van der Waals surface area contributed by atoms with Crippen LogP contribution in [0.5, 0.6) is 0 Å². The maximum Gasteiger partial charge on any atom is 0.196 e. The zero-order valence-electron chi connectivity index (χ0n) is 9.48. The van der Waals surface area contributed by atoms with Crippen molar-refractivity contribution in [1.29, 1.82) is 0 Å². The summed E-state index contributed by atoms with van der Waals surface area (Å²) in [6.45, 7) is 0.140. The summed E-state index contributed by atoms with van der Waals surface area (Å²) in [4.78, 5) is 0. The molecular formula is C13H8Cl2F3N. The molecule has 0 aliphatic carbocycles. The first kappa shape index (κ1) is 14.0. The van der Waals surface area contributed by atoms with Gasteiger partial charge < -0.3 is 5.32 Å². The Hall–Kier alpha value is -1.39. The Morgan fingerprint density at radius 3 is 2.42 bits per heavy atom. The van der Waals surface area contributed by atoms with Gasteiger partial charge in [0, 0.05) is 6.54 Å². The van der Waals surface area contributed by atoms with Gasteiger partial charge in [-0.1, -0.05) is 35.3 Å². The van der Waals surface area contributed by atoms with Gasteiger partial charge in [-0.15, -0.1) is 0 Å². The molecule has 6 heteroatoms. The van der Waals surface area contributed by atoms with Gasteiger partial charge in [0.2, 0.25) is 0 Å². The molecule has 0 spiro atoms. The van der Waals surface area contributed by atoms with Gasteiger partial charge in [0.1, 0.15) is 0 Å². The highest BCUT2D eigenvalue weighted by molar-refractivity contribution is 6.42. The van der Waals surface area contributed by atoms with Crippen molar-refractivity contribution in [3.8, 4) is 0 Å². The van der Waals surface area contributed by atoms with Crippen molar-refractivity contribution in [2.45, 2.75) is 6.54 Å². The third-order valence-electron chi connectivity index (χ3n) is 2.54. The lowest BCUT2D eigenvalue weighted by Gasteiger charge is -2.10. The number of anilines is 1. The van der Waals surface area contributed by atoms with Crippen LogP contribution in [0.3, 0.4) is 0 Å². The molecule has 0 saturated heterocycles. The largest absolute Gasteiger partial charge is 0.378 e. The first-order valence-electron chi connectivity index (χ1n) is 5.31. The van der Waals surface area contributed by atoms with Crippen molar-refractivity contribution in [3.63, 3.8) is 0 Å². The minimum absolute atomic E-state index is 0.140. The topological polar surface area (TPSA) is 12.0 Å². The second kappa shape index (κ2) is 5.72. The van der Waals surface area contributed by atoms with Crippen LogP contribution in [-0.4, -0.2) is 0 Å². The summed E-state index contributed by atoms with van der Waals surface area (Å²) in [6, 6.07) is 6.96. The van der Waals surface area contributed by atoms with E-state index in [1.54, 1.807) is 18.2 Å². The Bertz CT molecular complexity index is 617. The molecule has 0 heterocycles. The number of hydrogen-bond acceptors (Lipinski definition) is 1. The van der Waals surface area contributed by atoms with Gasteiger partial charge in [-0.05, 0) is 23.8 Å². The summed E-state index contributed by atoms with van der Waals surface area (Å²) in [5, 5.41) is 3.34. The number of halogens is 5. The molecule has 0 bridgehead atoms. The molecule has 0 amide bonds. The number of nitrogens with one attached hydrogen (secondary N) is 1. The van der Waals surface area contributed by atoms with E-state index >= 15 is 0 Å². The van der Waals surface area contributed by atoms with Crippen molar-refractivity contribution in [1.82, 2.24) is 0 Å². The maximum absolute atomic E-state index is 13.4. The third-order valence-corrected chi connectivity index (χ3v) is 3.39. The third kappa shape index (κ3) is 2.96. The Kier molecular flexibility index (Phi) is 4.22. The zero-order chi connectivity index (χ0) is 14.0. The Morgan fingerprint density at radius 1 is 0.947 bits per heavy atom. The van der Waals surface area contributed by atoms with Crippen LogP contribution in [-0.2, 0) is 6.54 Å². The van der Waals surface area contributed by atoms with Gasteiger partial charge in [0.05, 0.1) is 15.7 Å². The SMILES string of the molecule is Fc1ccc(NCc2cccc(Cl)c2Cl)c(F)c1F. The molecule has 2 aromatic rings. The van der Waals surface area contributed by atoms with E-state index in [-0.39, 0.29) is 12.2 Å². The van der Waals surface area contributed by atoms with Crippen molar-refractivity contribution >= 4 is 28.9 Å². The van der Waals surface area contributed by atoms with Gasteiger partial charge in [-0.3, -0.25) is 0 Å². The molecule has 100 valence electrons. The average molecular weight is 306 g/mol. The van der Waals surface area contributed by atoms with Crippen LogP contribution in [0, 0.1) is 17.5 Å². The molecule has 0 atom stereocenters. The molecule has 0 aromatic heterocycles. The van der Waals surface area contributed by atoms with Crippen molar-refractivity contribution in [2.24, 2.45) is 0 Å². The Balaban J connectivity index is 2.20. The maximum atomic E-state index is 13.4. The summed E-state index contributed by atoms with van der Waals surface area (Å²) < 4.78 is 39.2. The zero-order valence-corrected chi connectivity index (χ0v) is 11.0. The van der Waals surface area contributed by atoms with E-state index in [0.29, 0.717) is 15.6 Å². The summed E-state index contributed by atoms with van der Waals surface area (Å²) in [5.41, 5.74) is 0.480. The van der Waals surface area contributed by atoms with Crippen LogP contribution in [0.15, 0.2) is 30.3 Å². The van der Waals surface area contributed by atoms with E-state index < -0.39 is 17.5 Å². The fraction of sp³-hybridized carbons (Fsp3) is 0.0769. The van der Waals surface area contributed by atoms with E-state index in [0.717, 1.165) is 12.1 Å². The van der Waals surface area contributed by atoms with Gasteiger partial charge in [-0.25, -0.2) is 13.2 Å². The minimum Gasteiger partial charge on any atom is -0.378 e. The smallest absolute Gasteiger partial charge is 0.196 e. The number of rotatable bonds is 3. The minimum atomic E-state index is -1.51. The van der Waals surface area contributed by atoms with Crippen molar-refractivity contribution in [3.05, 3.63) is 63.4 Å². The summed E-state index contributed by atoms with van der Waals surface area (Å²) in [6.07, 6.45) is 0. The highest BCUT2D eigenvalue weighted by atomic mass is 35.5. The van der Waals surface area contributed by atoms with Crippen LogP contribution in [0.1, 0.15) is 5.56 Å². The molecule has 1 N–H and O–H groups in total. The highest BCUT2D eigenvalue weighted by Gasteiger charge is 2.13. The summed E-state index contributed by atoms with van der Waals surface area (Å²) in [7, 11) is 0. The van der Waals surface area contributed by atoms with E-state index in [4.69, 9.17) is 23.2 Å². The first-order valence-corrected chi connectivity index (χ1v) is 6.06. The molecule has 0 aliphatic heterocycles. The molecule has 19 heavy (non-hydrogen) atoms. The van der Waals surface area contributed by atoms with E-state index in [9.17, 15) is 13.2 Å². The normalized spacial score (nSPS) is 10.6. The molecular weight excluding hydrogens is 298 g/mol. The molecule has 0 saturated carbocycles.